The van der Waals surface area contributed by atoms with Crippen LogP contribution >= 0.6 is 0 Å². The van der Waals surface area contributed by atoms with Crippen LogP contribution in [-0.4, -0.2) is 38.8 Å². The lowest BCUT2D eigenvalue weighted by atomic mass is 10.2. The van der Waals surface area contributed by atoms with Crippen LogP contribution in [0.15, 0.2) is 35.1 Å². The Labute approximate surface area is 143 Å². The zero-order chi connectivity index (χ0) is 18.0. The Bertz CT molecular complexity index is 796. The number of nitro groups is 1. The Hall–Kier alpha value is -3.10. The number of amides is 2. The van der Waals surface area contributed by atoms with Crippen LogP contribution in [0.4, 0.5) is 5.69 Å². The molecule has 0 aliphatic carbocycles. The number of aryl methyl sites for hydroxylation is 1. The van der Waals surface area contributed by atoms with Crippen molar-refractivity contribution < 1.29 is 18.9 Å². The van der Waals surface area contributed by atoms with Gasteiger partial charge in [-0.15, -0.1) is 0 Å². The first-order valence-corrected chi connectivity index (χ1v) is 7.89. The summed E-state index contributed by atoms with van der Waals surface area (Å²) in [4.78, 5) is 37.0. The third kappa shape index (κ3) is 3.39. The zero-order valence-electron chi connectivity index (χ0n) is 13.7. The van der Waals surface area contributed by atoms with E-state index >= 15 is 0 Å². The molecule has 1 atom stereocenters. The summed E-state index contributed by atoms with van der Waals surface area (Å²) >= 11 is 0. The third-order valence-electron chi connectivity index (χ3n) is 4.25. The first-order valence-electron chi connectivity index (χ1n) is 7.89. The van der Waals surface area contributed by atoms with E-state index < -0.39 is 11.0 Å². The van der Waals surface area contributed by atoms with Gasteiger partial charge in [-0.25, -0.2) is 0 Å². The van der Waals surface area contributed by atoms with Gasteiger partial charge in [0.15, 0.2) is 0 Å². The minimum atomic E-state index is -0.587. The summed E-state index contributed by atoms with van der Waals surface area (Å²) in [7, 11) is 1.57. The summed E-state index contributed by atoms with van der Waals surface area (Å²) < 4.78 is 6.58. The molecule has 1 saturated heterocycles. The lowest BCUT2D eigenvalue weighted by Crippen LogP contribution is -2.46. The van der Waals surface area contributed by atoms with E-state index in [1.807, 2.05) is 0 Å². The Kier molecular flexibility index (Phi) is 4.55. The number of nitrogens with one attached hydrogen (secondary N) is 1. The zero-order valence-corrected chi connectivity index (χ0v) is 13.7. The van der Waals surface area contributed by atoms with Gasteiger partial charge in [0.1, 0.15) is 17.5 Å². The largest absolute Gasteiger partial charge is 0.467 e. The minimum Gasteiger partial charge on any atom is -0.467 e. The molecule has 132 valence electrons. The van der Waals surface area contributed by atoms with Crippen LogP contribution < -0.4 is 5.32 Å². The van der Waals surface area contributed by atoms with Crippen LogP contribution in [0.25, 0.3) is 0 Å². The highest BCUT2D eigenvalue weighted by atomic mass is 16.6. The molecular formula is C16H18N4O5. The van der Waals surface area contributed by atoms with Gasteiger partial charge < -0.3 is 19.2 Å². The van der Waals surface area contributed by atoms with Crippen molar-refractivity contribution in [3.05, 3.63) is 52.2 Å². The van der Waals surface area contributed by atoms with Crippen molar-refractivity contribution >= 4 is 17.5 Å². The second-order valence-electron chi connectivity index (χ2n) is 5.91. The molecule has 0 radical (unpaired) electrons. The highest BCUT2D eigenvalue weighted by Crippen LogP contribution is 2.23. The Balaban J connectivity index is 1.71. The maximum absolute atomic E-state index is 12.7. The lowest BCUT2D eigenvalue weighted by Gasteiger charge is -2.23. The average molecular weight is 346 g/mol. The quantitative estimate of drug-likeness (QED) is 0.651. The van der Waals surface area contributed by atoms with E-state index in [0.29, 0.717) is 25.1 Å². The highest BCUT2D eigenvalue weighted by Gasteiger charge is 2.36. The van der Waals surface area contributed by atoms with Crippen molar-refractivity contribution in [2.45, 2.75) is 25.4 Å². The number of hydrogen-bond donors (Lipinski definition) is 1. The van der Waals surface area contributed by atoms with Gasteiger partial charge in [0.2, 0.25) is 5.91 Å². The number of hydrogen-bond acceptors (Lipinski definition) is 5. The van der Waals surface area contributed by atoms with Gasteiger partial charge in [0.05, 0.1) is 23.9 Å². The molecule has 0 bridgehead atoms. The molecule has 9 nitrogen and oxygen atoms in total. The molecule has 0 spiro atoms. The summed E-state index contributed by atoms with van der Waals surface area (Å²) in [6.45, 7) is 0.691. The number of rotatable bonds is 5. The topological polar surface area (TPSA) is 111 Å². The SMILES string of the molecule is Cn1cc([N+](=O)[O-])cc1C(=O)N1CCC[C@@H]1C(=O)NCc1ccco1. The Morgan fingerprint density at radius 3 is 2.92 bits per heavy atom. The van der Waals surface area contributed by atoms with E-state index in [-0.39, 0.29) is 29.7 Å². The maximum atomic E-state index is 12.7. The third-order valence-corrected chi connectivity index (χ3v) is 4.25. The minimum absolute atomic E-state index is 0.149. The molecule has 2 aromatic rings. The summed E-state index contributed by atoms with van der Waals surface area (Å²) in [6, 6.07) is 4.13. The molecule has 2 amide bonds. The summed E-state index contributed by atoms with van der Waals surface area (Å²) in [6.07, 6.45) is 4.07. The molecular weight excluding hydrogens is 328 g/mol. The lowest BCUT2D eigenvalue weighted by molar-refractivity contribution is -0.384. The number of likely N-dealkylation sites (tertiary alicyclic amines) is 1. The van der Waals surface area contributed by atoms with Crippen molar-refractivity contribution in [3.8, 4) is 0 Å². The monoisotopic (exact) mass is 346 g/mol. The Morgan fingerprint density at radius 1 is 1.48 bits per heavy atom. The summed E-state index contributed by atoms with van der Waals surface area (Å²) in [5.41, 5.74) is 0.0429. The second-order valence-corrected chi connectivity index (χ2v) is 5.91. The number of nitrogens with zero attached hydrogens (tertiary/aromatic N) is 3. The van der Waals surface area contributed by atoms with E-state index in [2.05, 4.69) is 5.32 Å². The fourth-order valence-corrected chi connectivity index (χ4v) is 2.99. The molecule has 1 fully saturated rings. The maximum Gasteiger partial charge on any atom is 0.287 e. The smallest absolute Gasteiger partial charge is 0.287 e. The average Bonchev–Trinajstić information content (AvgIpc) is 3.32. The molecule has 0 aromatic carbocycles. The second kappa shape index (κ2) is 6.80. The normalized spacial score (nSPS) is 16.8. The van der Waals surface area contributed by atoms with E-state index in [4.69, 9.17) is 4.42 Å². The standard InChI is InChI=1S/C16H18N4O5/c1-18-10-11(20(23)24)8-14(18)16(22)19-6-2-5-13(19)15(21)17-9-12-4-3-7-25-12/h3-4,7-8,10,13H,2,5-6,9H2,1H3,(H,17,21)/t13-/m1/s1. The summed E-state index contributed by atoms with van der Waals surface area (Å²) in [5, 5.41) is 13.6. The first kappa shape index (κ1) is 16.7. The molecule has 0 saturated carbocycles. The van der Waals surface area contributed by atoms with Crippen LogP contribution in [-0.2, 0) is 18.4 Å². The van der Waals surface area contributed by atoms with Gasteiger partial charge in [0, 0.05) is 19.7 Å². The van der Waals surface area contributed by atoms with Gasteiger partial charge >= 0.3 is 0 Å². The highest BCUT2D eigenvalue weighted by molar-refractivity contribution is 5.97. The molecule has 3 rings (SSSR count). The molecule has 1 aliphatic rings. The number of aromatic nitrogens is 1. The molecule has 2 aromatic heterocycles. The number of furan rings is 1. The van der Waals surface area contributed by atoms with Crippen molar-refractivity contribution in [3.63, 3.8) is 0 Å². The molecule has 9 heteroatoms. The van der Waals surface area contributed by atoms with Crippen molar-refractivity contribution in [2.75, 3.05) is 6.54 Å². The van der Waals surface area contributed by atoms with Crippen molar-refractivity contribution in [2.24, 2.45) is 7.05 Å². The summed E-state index contributed by atoms with van der Waals surface area (Å²) in [5.74, 6) is -0.0144. The van der Waals surface area contributed by atoms with Crippen LogP contribution in [0.3, 0.4) is 0 Å². The van der Waals surface area contributed by atoms with Crippen LogP contribution in [0.5, 0.6) is 0 Å². The van der Waals surface area contributed by atoms with Crippen LogP contribution in [0.1, 0.15) is 29.1 Å². The number of carbonyl (C=O) groups excluding carboxylic acids is 2. The predicted octanol–water partition coefficient (Wildman–Crippen LogP) is 1.45. The van der Waals surface area contributed by atoms with E-state index in [1.54, 1.807) is 19.2 Å². The van der Waals surface area contributed by atoms with Crippen molar-refractivity contribution in [1.82, 2.24) is 14.8 Å². The fourth-order valence-electron chi connectivity index (χ4n) is 2.99. The predicted molar refractivity (Wildman–Crippen MR) is 86.7 cm³/mol. The van der Waals surface area contributed by atoms with Gasteiger partial charge in [-0.3, -0.25) is 19.7 Å². The van der Waals surface area contributed by atoms with Gasteiger partial charge in [-0.1, -0.05) is 0 Å². The van der Waals surface area contributed by atoms with Crippen molar-refractivity contribution in [1.29, 1.82) is 0 Å². The van der Waals surface area contributed by atoms with Gasteiger partial charge in [-0.05, 0) is 25.0 Å². The van der Waals surface area contributed by atoms with Crippen LogP contribution in [0, 0.1) is 10.1 Å². The number of carbonyl (C=O) groups is 2. The van der Waals surface area contributed by atoms with E-state index in [1.165, 1.54) is 28.0 Å². The molecule has 0 unspecified atom stereocenters. The van der Waals surface area contributed by atoms with E-state index in [9.17, 15) is 19.7 Å². The first-order chi connectivity index (χ1) is 12.0. The molecule has 25 heavy (non-hydrogen) atoms. The van der Waals surface area contributed by atoms with E-state index in [0.717, 1.165) is 0 Å². The van der Waals surface area contributed by atoms with Crippen LogP contribution in [0.2, 0.25) is 0 Å². The molecule has 1 N–H and O–H groups in total. The van der Waals surface area contributed by atoms with Gasteiger partial charge in [-0.2, -0.15) is 0 Å². The molecule has 1 aliphatic heterocycles. The fraction of sp³-hybridized carbons (Fsp3) is 0.375. The Morgan fingerprint density at radius 2 is 2.28 bits per heavy atom. The molecule has 3 heterocycles. The van der Waals surface area contributed by atoms with Gasteiger partial charge in [0.25, 0.3) is 11.6 Å².